The molecule has 6 nitrogen and oxygen atoms in total. The number of amidine groups is 1. The lowest BCUT2D eigenvalue weighted by molar-refractivity contribution is -0.132. The number of likely N-dealkylation sites (tertiary alicyclic amines) is 1. The number of benzene rings is 2. The molecule has 0 saturated carbocycles. The van der Waals surface area contributed by atoms with Gasteiger partial charge in [-0.05, 0) is 54.3 Å². The van der Waals surface area contributed by atoms with Crippen molar-refractivity contribution < 1.29 is 14.7 Å². The van der Waals surface area contributed by atoms with Crippen molar-refractivity contribution in [2.75, 3.05) is 13.1 Å². The minimum atomic E-state index is -0.999. The van der Waals surface area contributed by atoms with Crippen LogP contribution < -0.4 is 5.73 Å². The zero-order chi connectivity index (χ0) is 19.7. The minimum absolute atomic E-state index is 0.0739. The second-order valence-corrected chi connectivity index (χ2v) is 7.10. The standard InChI is InChI=1S/C22H21N3O3/c23-20-13-18(22(27)28)12-17-11-16(7-8-19(17)24-20)14-3-5-15(6-4-14)21(26)25-9-1-2-10-25/h3-8,11-12H,1-2,9-10,13H2,(H2,23,24)(H,27,28). The molecule has 2 heterocycles. The van der Waals surface area contributed by atoms with Crippen LogP contribution in [0.4, 0.5) is 5.69 Å². The topological polar surface area (TPSA) is 96.0 Å². The van der Waals surface area contributed by atoms with Crippen LogP contribution in [0.25, 0.3) is 17.2 Å². The third-order valence-electron chi connectivity index (χ3n) is 5.13. The van der Waals surface area contributed by atoms with E-state index in [1.165, 1.54) is 0 Å². The van der Waals surface area contributed by atoms with E-state index in [-0.39, 0.29) is 23.7 Å². The zero-order valence-electron chi connectivity index (χ0n) is 15.4. The molecule has 28 heavy (non-hydrogen) atoms. The molecule has 0 bridgehead atoms. The van der Waals surface area contributed by atoms with Crippen molar-refractivity contribution >= 4 is 29.5 Å². The largest absolute Gasteiger partial charge is 0.478 e. The molecule has 0 aliphatic carbocycles. The summed E-state index contributed by atoms with van der Waals surface area (Å²) in [6, 6.07) is 13.2. The van der Waals surface area contributed by atoms with Crippen molar-refractivity contribution in [2.24, 2.45) is 10.7 Å². The molecule has 2 aromatic rings. The van der Waals surface area contributed by atoms with Gasteiger partial charge in [0.15, 0.2) is 0 Å². The van der Waals surface area contributed by atoms with E-state index in [4.69, 9.17) is 5.73 Å². The van der Waals surface area contributed by atoms with Gasteiger partial charge in [0.05, 0.1) is 5.69 Å². The Kier molecular flexibility index (Phi) is 4.69. The number of carbonyl (C=O) groups excluding carboxylic acids is 1. The van der Waals surface area contributed by atoms with Gasteiger partial charge in [0, 0.05) is 36.2 Å². The van der Waals surface area contributed by atoms with Gasteiger partial charge >= 0.3 is 5.97 Å². The van der Waals surface area contributed by atoms with Crippen LogP contribution in [0.15, 0.2) is 53.0 Å². The van der Waals surface area contributed by atoms with Gasteiger partial charge in [-0.1, -0.05) is 18.2 Å². The maximum Gasteiger partial charge on any atom is 0.332 e. The molecular formula is C22H21N3O3. The molecule has 1 fully saturated rings. The zero-order valence-corrected chi connectivity index (χ0v) is 15.4. The Morgan fingerprint density at radius 1 is 1.00 bits per heavy atom. The van der Waals surface area contributed by atoms with E-state index in [1.54, 1.807) is 6.08 Å². The number of nitrogens with zero attached hydrogens (tertiary/aromatic N) is 2. The Morgan fingerprint density at radius 2 is 1.68 bits per heavy atom. The fourth-order valence-corrected chi connectivity index (χ4v) is 3.63. The van der Waals surface area contributed by atoms with Gasteiger partial charge in [-0.15, -0.1) is 0 Å². The van der Waals surface area contributed by atoms with E-state index in [2.05, 4.69) is 4.99 Å². The summed E-state index contributed by atoms with van der Waals surface area (Å²) in [5, 5.41) is 9.35. The number of aliphatic carboxylic acids is 1. The number of rotatable bonds is 3. The first-order valence-electron chi connectivity index (χ1n) is 9.32. The van der Waals surface area contributed by atoms with Crippen molar-refractivity contribution in [2.45, 2.75) is 19.3 Å². The Balaban J connectivity index is 1.64. The summed E-state index contributed by atoms with van der Waals surface area (Å²) in [5.41, 5.74) is 9.98. The number of aliphatic imine (C=N–C) groups is 1. The highest BCUT2D eigenvalue weighted by molar-refractivity contribution is 6.02. The Morgan fingerprint density at radius 3 is 2.36 bits per heavy atom. The molecule has 6 heteroatoms. The van der Waals surface area contributed by atoms with Gasteiger partial charge in [0.25, 0.3) is 5.91 Å². The van der Waals surface area contributed by atoms with Crippen LogP contribution in [0, 0.1) is 0 Å². The fourth-order valence-electron chi connectivity index (χ4n) is 3.63. The quantitative estimate of drug-likeness (QED) is 0.859. The first-order chi connectivity index (χ1) is 13.5. The van der Waals surface area contributed by atoms with Crippen LogP contribution in [0.5, 0.6) is 0 Å². The summed E-state index contributed by atoms with van der Waals surface area (Å²) in [6.07, 6.45) is 3.87. The van der Waals surface area contributed by atoms with Crippen LogP contribution in [-0.4, -0.2) is 40.8 Å². The smallest absolute Gasteiger partial charge is 0.332 e. The molecule has 2 aromatic carbocycles. The predicted octanol–water partition coefficient (Wildman–Crippen LogP) is 3.45. The number of amides is 1. The Bertz CT molecular complexity index is 1000. The third kappa shape index (κ3) is 3.53. The highest BCUT2D eigenvalue weighted by Crippen LogP contribution is 2.31. The Hall–Kier alpha value is -3.41. The molecule has 0 radical (unpaired) electrons. The van der Waals surface area contributed by atoms with Crippen LogP contribution in [0.3, 0.4) is 0 Å². The second kappa shape index (κ2) is 7.31. The van der Waals surface area contributed by atoms with Crippen LogP contribution in [0.2, 0.25) is 0 Å². The van der Waals surface area contributed by atoms with Crippen molar-refractivity contribution in [3.05, 3.63) is 59.2 Å². The van der Waals surface area contributed by atoms with Gasteiger partial charge in [0.2, 0.25) is 0 Å². The SMILES string of the molecule is NC1=Nc2ccc(-c3ccc(C(=O)N4CCCC4)cc3)cc2C=C(C(=O)O)C1. The molecule has 3 N–H and O–H groups in total. The van der Waals surface area contributed by atoms with Crippen LogP contribution in [-0.2, 0) is 4.79 Å². The molecule has 0 aromatic heterocycles. The summed E-state index contributed by atoms with van der Waals surface area (Å²) < 4.78 is 0. The minimum Gasteiger partial charge on any atom is -0.478 e. The molecule has 2 aliphatic heterocycles. The van der Waals surface area contributed by atoms with E-state index in [9.17, 15) is 14.7 Å². The first-order valence-corrected chi connectivity index (χ1v) is 9.32. The second-order valence-electron chi connectivity index (χ2n) is 7.10. The van der Waals surface area contributed by atoms with Crippen molar-refractivity contribution in [1.82, 2.24) is 4.90 Å². The van der Waals surface area contributed by atoms with Crippen LogP contribution in [0.1, 0.15) is 35.2 Å². The van der Waals surface area contributed by atoms with E-state index in [0.29, 0.717) is 16.8 Å². The number of hydrogen-bond donors (Lipinski definition) is 2. The van der Waals surface area contributed by atoms with Crippen molar-refractivity contribution in [3.63, 3.8) is 0 Å². The number of carboxylic acids is 1. The van der Waals surface area contributed by atoms with Gasteiger partial charge in [0.1, 0.15) is 5.84 Å². The summed E-state index contributed by atoms with van der Waals surface area (Å²) in [5.74, 6) is -0.643. The van der Waals surface area contributed by atoms with Crippen molar-refractivity contribution in [3.8, 4) is 11.1 Å². The lowest BCUT2D eigenvalue weighted by Gasteiger charge is -2.15. The monoisotopic (exact) mass is 375 g/mol. The first kappa shape index (κ1) is 18.0. The number of hydrogen-bond acceptors (Lipinski definition) is 4. The van der Waals surface area contributed by atoms with E-state index in [0.717, 1.165) is 37.1 Å². The van der Waals surface area contributed by atoms with Crippen molar-refractivity contribution in [1.29, 1.82) is 0 Å². The maximum atomic E-state index is 12.5. The highest BCUT2D eigenvalue weighted by Gasteiger charge is 2.19. The molecule has 1 saturated heterocycles. The molecule has 4 rings (SSSR count). The van der Waals surface area contributed by atoms with E-state index in [1.807, 2.05) is 47.4 Å². The predicted molar refractivity (Wildman–Crippen MR) is 109 cm³/mol. The van der Waals surface area contributed by atoms with Gasteiger partial charge in [-0.2, -0.15) is 0 Å². The normalized spacial score (nSPS) is 16.1. The summed E-state index contributed by atoms with van der Waals surface area (Å²) >= 11 is 0. The molecule has 0 spiro atoms. The number of carboxylic acid groups (broad SMARTS) is 1. The molecule has 2 aliphatic rings. The average molecular weight is 375 g/mol. The number of carbonyl (C=O) groups is 2. The van der Waals surface area contributed by atoms with E-state index >= 15 is 0 Å². The molecule has 142 valence electrons. The summed E-state index contributed by atoms with van der Waals surface area (Å²) in [4.78, 5) is 30.1. The number of nitrogens with two attached hydrogens (primary N) is 1. The van der Waals surface area contributed by atoms with Gasteiger partial charge < -0.3 is 15.7 Å². The fraction of sp³-hybridized carbons (Fsp3) is 0.227. The molecule has 1 amide bonds. The van der Waals surface area contributed by atoms with E-state index < -0.39 is 5.97 Å². The van der Waals surface area contributed by atoms with Gasteiger partial charge in [-0.3, -0.25) is 4.79 Å². The average Bonchev–Trinajstić information content (AvgIpc) is 3.17. The molecule has 0 unspecified atom stereocenters. The number of fused-ring (bicyclic) bond motifs is 1. The lowest BCUT2D eigenvalue weighted by Crippen LogP contribution is -2.27. The molecule has 0 atom stereocenters. The summed E-state index contributed by atoms with van der Waals surface area (Å²) in [7, 11) is 0. The lowest BCUT2D eigenvalue weighted by atomic mass is 9.99. The highest BCUT2D eigenvalue weighted by atomic mass is 16.4. The summed E-state index contributed by atoms with van der Waals surface area (Å²) in [6.45, 7) is 1.65. The van der Waals surface area contributed by atoms with Gasteiger partial charge in [-0.25, -0.2) is 9.79 Å². The van der Waals surface area contributed by atoms with Crippen LogP contribution >= 0.6 is 0 Å². The Labute approximate surface area is 163 Å². The molecular weight excluding hydrogens is 354 g/mol. The third-order valence-corrected chi connectivity index (χ3v) is 5.13. The maximum absolute atomic E-state index is 12.5.